The fourth-order valence-corrected chi connectivity index (χ4v) is 3.54. The van der Waals surface area contributed by atoms with E-state index in [0.29, 0.717) is 18.5 Å². The van der Waals surface area contributed by atoms with Gasteiger partial charge in [-0.3, -0.25) is 9.69 Å². The molecule has 2 unspecified atom stereocenters. The molecule has 0 aromatic heterocycles. The standard InChI is InChI=1S/C16H30N2O2/c1-12-4-6-15(7-5-12)17(3)16(20)11-18-9-8-14(10-18)13(2)19/h12-15,19H,4-11H2,1-3H3. The lowest BCUT2D eigenvalue weighted by atomic mass is 9.87. The molecule has 0 spiro atoms. The van der Waals surface area contributed by atoms with Gasteiger partial charge in [-0.15, -0.1) is 0 Å². The van der Waals surface area contributed by atoms with Crippen molar-refractivity contribution in [2.75, 3.05) is 26.7 Å². The molecule has 4 nitrogen and oxygen atoms in total. The Balaban J connectivity index is 1.77. The molecule has 1 aliphatic heterocycles. The van der Waals surface area contributed by atoms with Crippen molar-refractivity contribution < 1.29 is 9.90 Å². The van der Waals surface area contributed by atoms with E-state index in [-0.39, 0.29) is 12.0 Å². The second-order valence-corrected chi connectivity index (χ2v) is 6.94. The first-order valence-electron chi connectivity index (χ1n) is 8.13. The largest absolute Gasteiger partial charge is 0.393 e. The number of hydrogen-bond acceptors (Lipinski definition) is 3. The Morgan fingerprint density at radius 2 is 1.95 bits per heavy atom. The predicted molar refractivity (Wildman–Crippen MR) is 80.4 cm³/mol. The van der Waals surface area contributed by atoms with Gasteiger partial charge in [0, 0.05) is 19.6 Å². The molecule has 0 bridgehead atoms. The molecule has 116 valence electrons. The van der Waals surface area contributed by atoms with E-state index in [9.17, 15) is 9.90 Å². The van der Waals surface area contributed by atoms with Crippen LogP contribution in [0.15, 0.2) is 0 Å². The summed E-state index contributed by atoms with van der Waals surface area (Å²) < 4.78 is 0. The number of carbonyl (C=O) groups excluding carboxylic acids is 1. The molecule has 2 rings (SSSR count). The lowest BCUT2D eigenvalue weighted by Gasteiger charge is -2.34. The van der Waals surface area contributed by atoms with Crippen LogP contribution in [0, 0.1) is 11.8 Å². The summed E-state index contributed by atoms with van der Waals surface area (Å²) in [5.74, 6) is 1.40. The third-order valence-corrected chi connectivity index (χ3v) is 5.28. The molecule has 1 N–H and O–H groups in total. The van der Waals surface area contributed by atoms with E-state index in [1.807, 2.05) is 18.9 Å². The highest BCUT2D eigenvalue weighted by molar-refractivity contribution is 5.78. The van der Waals surface area contributed by atoms with E-state index in [1.165, 1.54) is 12.8 Å². The van der Waals surface area contributed by atoms with E-state index >= 15 is 0 Å². The van der Waals surface area contributed by atoms with Gasteiger partial charge in [0.1, 0.15) is 0 Å². The van der Waals surface area contributed by atoms with Gasteiger partial charge in [0.25, 0.3) is 0 Å². The van der Waals surface area contributed by atoms with Crippen molar-refractivity contribution in [3.63, 3.8) is 0 Å². The van der Waals surface area contributed by atoms with E-state index < -0.39 is 0 Å². The molecule has 2 fully saturated rings. The van der Waals surface area contributed by atoms with Crippen molar-refractivity contribution in [1.82, 2.24) is 9.80 Å². The van der Waals surface area contributed by atoms with Gasteiger partial charge in [-0.25, -0.2) is 0 Å². The molecule has 0 aromatic carbocycles. The van der Waals surface area contributed by atoms with Crippen molar-refractivity contribution >= 4 is 5.91 Å². The molecule has 1 aliphatic carbocycles. The number of hydrogen-bond donors (Lipinski definition) is 1. The Morgan fingerprint density at radius 3 is 2.50 bits per heavy atom. The summed E-state index contributed by atoms with van der Waals surface area (Å²) in [7, 11) is 1.96. The fraction of sp³-hybridized carbons (Fsp3) is 0.938. The van der Waals surface area contributed by atoms with Crippen molar-refractivity contribution in [2.45, 2.75) is 58.1 Å². The minimum Gasteiger partial charge on any atom is -0.393 e. The molecular formula is C16H30N2O2. The maximum Gasteiger partial charge on any atom is 0.236 e. The highest BCUT2D eigenvalue weighted by Gasteiger charge is 2.30. The first kappa shape index (κ1) is 15.8. The average Bonchev–Trinajstić information content (AvgIpc) is 2.87. The Morgan fingerprint density at radius 1 is 1.30 bits per heavy atom. The summed E-state index contributed by atoms with van der Waals surface area (Å²) >= 11 is 0. The molecule has 2 atom stereocenters. The van der Waals surface area contributed by atoms with Crippen LogP contribution in [0.4, 0.5) is 0 Å². The topological polar surface area (TPSA) is 43.8 Å². The van der Waals surface area contributed by atoms with Gasteiger partial charge in [0.2, 0.25) is 5.91 Å². The number of rotatable bonds is 4. The molecule has 0 radical (unpaired) electrons. The molecule has 2 aliphatic rings. The smallest absolute Gasteiger partial charge is 0.236 e. The summed E-state index contributed by atoms with van der Waals surface area (Å²) in [5, 5.41) is 9.62. The van der Waals surface area contributed by atoms with Crippen molar-refractivity contribution in [2.24, 2.45) is 11.8 Å². The quantitative estimate of drug-likeness (QED) is 0.854. The lowest BCUT2D eigenvalue weighted by Crippen LogP contribution is -2.44. The van der Waals surface area contributed by atoms with Crippen LogP contribution in [0.5, 0.6) is 0 Å². The van der Waals surface area contributed by atoms with Crippen molar-refractivity contribution in [1.29, 1.82) is 0 Å². The van der Waals surface area contributed by atoms with Gasteiger partial charge in [-0.05, 0) is 57.4 Å². The second-order valence-electron chi connectivity index (χ2n) is 6.94. The van der Waals surface area contributed by atoms with Crippen LogP contribution in [-0.2, 0) is 4.79 Å². The van der Waals surface area contributed by atoms with Gasteiger partial charge < -0.3 is 10.0 Å². The zero-order chi connectivity index (χ0) is 14.7. The van der Waals surface area contributed by atoms with Gasteiger partial charge >= 0.3 is 0 Å². The number of carbonyl (C=O) groups is 1. The maximum absolute atomic E-state index is 12.4. The fourth-order valence-electron chi connectivity index (χ4n) is 3.54. The number of amides is 1. The monoisotopic (exact) mass is 282 g/mol. The minimum atomic E-state index is -0.257. The van der Waals surface area contributed by atoms with Gasteiger partial charge in [0.15, 0.2) is 0 Å². The normalized spacial score (nSPS) is 33.1. The average molecular weight is 282 g/mol. The zero-order valence-corrected chi connectivity index (χ0v) is 13.2. The molecule has 1 saturated heterocycles. The SMILES string of the molecule is CC1CCC(N(C)C(=O)CN2CCC(C(C)O)C2)CC1. The molecular weight excluding hydrogens is 252 g/mol. The van der Waals surface area contributed by atoms with Crippen LogP contribution in [0.25, 0.3) is 0 Å². The number of aliphatic hydroxyl groups excluding tert-OH is 1. The molecule has 0 aromatic rings. The van der Waals surface area contributed by atoms with Crippen LogP contribution in [0.3, 0.4) is 0 Å². The van der Waals surface area contributed by atoms with Crippen LogP contribution in [-0.4, -0.2) is 59.6 Å². The van der Waals surface area contributed by atoms with E-state index in [2.05, 4.69) is 11.8 Å². The summed E-state index contributed by atoms with van der Waals surface area (Å²) in [6.45, 7) is 6.48. The Bertz CT molecular complexity index is 324. The summed E-state index contributed by atoms with van der Waals surface area (Å²) in [6.07, 6.45) is 5.55. The number of aliphatic hydroxyl groups is 1. The predicted octanol–water partition coefficient (Wildman–Crippen LogP) is 1.73. The first-order valence-corrected chi connectivity index (χ1v) is 8.13. The first-order chi connectivity index (χ1) is 9.47. The zero-order valence-electron chi connectivity index (χ0n) is 13.2. The Labute approximate surface area is 123 Å². The molecule has 4 heteroatoms. The third-order valence-electron chi connectivity index (χ3n) is 5.28. The van der Waals surface area contributed by atoms with Gasteiger partial charge in [0.05, 0.1) is 12.6 Å². The lowest BCUT2D eigenvalue weighted by molar-refractivity contribution is -0.133. The molecule has 20 heavy (non-hydrogen) atoms. The molecule has 1 heterocycles. The van der Waals surface area contributed by atoms with Crippen LogP contribution in [0.2, 0.25) is 0 Å². The third kappa shape index (κ3) is 3.95. The van der Waals surface area contributed by atoms with Crippen molar-refractivity contribution in [3.8, 4) is 0 Å². The summed E-state index contributed by atoms with van der Waals surface area (Å²) in [4.78, 5) is 16.5. The molecule has 1 saturated carbocycles. The van der Waals surface area contributed by atoms with Gasteiger partial charge in [-0.1, -0.05) is 6.92 Å². The number of nitrogens with zero attached hydrogens (tertiary/aromatic N) is 2. The van der Waals surface area contributed by atoms with Crippen molar-refractivity contribution in [3.05, 3.63) is 0 Å². The Kier molecular flexibility index (Phi) is 5.44. The highest BCUT2D eigenvalue weighted by atomic mass is 16.3. The van der Waals surface area contributed by atoms with E-state index in [1.54, 1.807) is 0 Å². The molecule has 1 amide bonds. The number of likely N-dealkylation sites (tertiary alicyclic amines) is 1. The van der Waals surface area contributed by atoms with Crippen LogP contribution < -0.4 is 0 Å². The highest BCUT2D eigenvalue weighted by Crippen LogP contribution is 2.27. The van der Waals surface area contributed by atoms with E-state index in [0.717, 1.165) is 38.3 Å². The number of likely N-dealkylation sites (N-methyl/N-ethyl adjacent to an activating group) is 1. The summed E-state index contributed by atoms with van der Waals surface area (Å²) in [6, 6.07) is 0.439. The van der Waals surface area contributed by atoms with Crippen LogP contribution in [0.1, 0.15) is 46.0 Å². The maximum atomic E-state index is 12.4. The van der Waals surface area contributed by atoms with Gasteiger partial charge in [-0.2, -0.15) is 0 Å². The van der Waals surface area contributed by atoms with Crippen LogP contribution >= 0.6 is 0 Å². The van der Waals surface area contributed by atoms with E-state index in [4.69, 9.17) is 0 Å². The summed E-state index contributed by atoms with van der Waals surface area (Å²) in [5.41, 5.74) is 0. The Hall–Kier alpha value is -0.610. The second kappa shape index (κ2) is 6.90. The minimum absolute atomic E-state index is 0.246.